The van der Waals surface area contributed by atoms with Crippen LogP contribution in [0.3, 0.4) is 0 Å². The number of benzene rings is 1. The average molecular weight is 613 g/mol. The van der Waals surface area contributed by atoms with E-state index in [2.05, 4.69) is 5.32 Å². The van der Waals surface area contributed by atoms with Crippen LogP contribution < -0.4 is 5.32 Å². The van der Waals surface area contributed by atoms with Crippen molar-refractivity contribution in [2.24, 2.45) is 5.92 Å². The van der Waals surface area contributed by atoms with Crippen molar-refractivity contribution in [2.45, 2.75) is 38.9 Å². The number of carbonyl (C=O) groups excluding carboxylic acids is 3. The maximum Gasteiger partial charge on any atom is 0.330 e. The minimum atomic E-state index is -3.38. The standard InChI is InChI=1S/C27H35F2N4O8P/c1-4-40-42(38,41-5-2)14-6-11-32-26(37)22-24(35)23(34)20(9-12-33(22)31(3)27(32)10-13-39-17-27)25(36)30-16-18-7-8-19(28)15-21(18)29/h7-9,12,15,20,35H,4-6,10-11,13-14,16-17H2,1-3H3,(H,30,36). The van der Waals surface area contributed by atoms with E-state index < -0.39 is 54.2 Å². The zero-order valence-corrected chi connectivity index (χ0v) is 24.6. The summed E-state index contributed by atoms with van der Waals surface area (Å²) in [5.41, 5.74) is -1.34. The molecule has 2 unspecified atom stereocenters. The second kappa shape index (κ2) is 13.0. The number of carbonyl (C=O) groups is 3. The first-order valence-corrected chi connectivity index (χ1v) is 15.4. The number of ketones is 1. The van der Waals surface area contributed by atoms with E-state index >= 15 is 0 Å². The van der Waals surface area contributed by atoms with Crippen molar-refractivity contribution < 1.29 is 46.6 Å². The Balaban J connectivity index is 1.58. The van der Waals surface area contributed by atoms with Crippen molar-refractivity contribution in [3.63, 3.8) is 0 Å². The summed E-state index contributed by atoms with van der Waals surface area (Å²) in [6.07, 6.45) is 3.28. The van der Waals surface area contributed by atoms with Crippen LogP contribution in [0.2, 0.25) is 0 Å². The number of nitrogens with zero attached hydrogens (tertiary/aromatic N) is 3. The number of ether oxygens (including phenoxy) is 1. The number of halogens is 2. The summed E-state index contributed by atoms with van der Waals surface area (Å²) in [5.74, 6) is -6.64. The fourth-order valence-electron chi connectivity index (χ4n) is 5.31. The second-order valence-corrected chi connectivity index (χ2v) is 12.2. The van der Waals surface area contributed by atoms with E-state index in [1.165, 1.54) is 28.3 Å². The molecule has 0 saturated carbocycles. The molecule has 2 saturated heterocycles. The number of hydrazine groups is 1. The zero-order chi connectivity index (χ0) is 30.7. The zero-order valence-electron chi connectivity index (χ0n) is 23.7. The highest BCUT2D eigenvalue weighted by atomic mass is 31.2. The molecule has 3 heterocycles. The average Bonchev–Trinajstić information content (AvgIpc) is 3.38. The molecule has 2 atom stereocenters. The van der Waals surface area contributed by atoms with E-state index in [0.29, 0.717) is 19.1 Å². The van der Waals surface area contributed by atoms with Gasteiger partial charge in [-0.2, -0.15) is 5.01 Å². The number of hydrogen-bond donors (Lipinski definition) is 2. The number of amides is 2. The monoisotopic (exact) mass is 612 g/mol. The molecule has 1 aromatic carbocycles. The summed E-state index contributed by atoms with van der Waals surface area (Å²) in [6, 6.07) is 2.88. The second-order valence-electron chi connectivity index (χ2n) is 9.97. The van der Waals surface area contributed by atoms with Crippen LogP contribution in [0.25, 0.3) is 0 Å². The highest BCUT2D eigenvalue weighted by molar-refractivity contribution is 7.53. The number of Topliss-reactive ketones (excluding diaryl/α,β-unsaturated/α-hetero) is 1. The lowest BCUT2D eigenvalue weighted by Gasteiger charge is -2.54. The van der Waals surface area contributed by atoms with Gasteiger partial charge in [-0.25, -0.2) is 8.78 Å². The van der Waals surface area contributed by atoms with Crippen molar-refractivity contribution in [3.8, 4) is 0 Å². The first-order chi connectivity index (χ1) is 20.0. The molecule has 12 nitrogen and oxygen atoms in total. The fraction of sp³-hybridized carbons (Fsp3) is 0.519. The molecule has 3 aliphatic heterocycles. The Morgan fingerprint density at radius 1 is 1.24 bits per heavy atom. The van der Waals surface area contributed by atoms with Gasteiger partial charge in [-0.3, -0.25) is 24.0 Å². The maximum absolute atomic E-state index is 14.0. The van der Waals surface area contributed by atoms with Crippen LogP contribution in [0, 0.1) is 17.6 Å². The SMILES string of the molecule is CCOP(=O)(CCCN1C(=O)C2=C(O)C(=O)C(C(=O)NCc3ccc(F)cc3F)C=CN2N(C)C12CCOC2)OCC. The highest BCUT2D eigenvalue weighted by Gasteiger charge is 2.55. The topological polar surface area (TPSA) is 138 Å². The summed E-state index contributed by atoms with van der Waals surface area (Å²) in [7, 11) is -1.72. The Bertz CT molecular complexity index is 1320. The summed E-state index contributed by atoms with van der Waals surface area (Å²) in [5, 5.41) is 16.4. The molecular weight excluding hydrogens is 577 g/mol. The van der Waals surface area contributed by atoms with Crippen molar-refractivity contribution in [1.29, 1.82) is 0 Å². The first kappa shape index (κ1) is 31.8. The quantitative estimate of drug-likeness (QED) is 0.284. The summed E-state index contributed by atoms with van der Waals surface area (Å²) in [6.45, 7) is 4.02. The summed E-state index contributed by atoms with van der Waals surface area (Å²) in [4.78, 5) is 41.6. The molecule has 0 radical (unpaired) electrons. The normalized spacial score (nSPS) is 23.1. The Morgan fingerprint density at radius 2 is 1.95 bits per heavy atom. The van der Waals surface area contributed by atoms with Crippen molar-refractivity contribution in [3.05, 3.63) is 59.1 Å². The molecule has 1 aromatic rings. The molecule has 0 aliphatic carbocycles. The smallest absolute Gasteiger partial charge is 0.330 e. The van der Waals surface area contributed by atoms with Gasteiger partial charge in [0.25, 0.3) is 5.91 Å². The van der Waals surface area contributed by atoms with Crippen LogP contribution in [0.15, 0.2) is 41.9 Å². The van der Waals surface area contributed by atoms with Gasteiger partial charge in [0.2, 0.25) is 11.7 Å². The van der Waals surface area contributed by atoms with E-state index in [-0.39, 0.29) is 56.8 Å². The van der Waals surface area contributed by atoms with Gasteiger partial charge in [-0.15, -0.1) is 0 Å². The van der Waals surface area contributed by atoms with Crippen molar-refractivity contribution in [1.82, 2.24) is 20.2 Å². The van der Waals surface area contributed by atoms with Crippen LogP contribution in [0.5, 0.6) is 0 Å². The van der Waals surface area contributed by atoms with E-state index in [4.69, 9.17) is 13.8 Å². The van der Waals surface area contributed by atoms with Gasteiger partial charge in [0, 0.05) is 44.4 Å². The number of fused-ring (bicyclic) bond motifs is 1. The van der Waals surface area contributed by atoms with Crippen LogP contribution in [0.4, 0.5) is 8.78 Å². The molecule has 1 spiro atoms. The molecular formula is C27H35F2N4O8P. The van der Waals surface area contributed by atoms with Gasteiger partial charge in [0.05, 0.1) is 32.6 Å². The van der Waals surface area contributed by atoms with Crippen LogP contribution >= 0.6 is 7.60 Å². The first-order valence-electron chi connectivity index (χ1n) is 13.7. The summed E-state index contributed by atoms with van der Waals surface area (Å²) < 4.78 is 56.6. The molecule has 2 fully saturated rings. The van der Waals surface area contributed by atoms with Gasteiger partial charge in [0.1, 0.15) is 23.2 Å². The minimum Gasteiger partial charge on any atom is -0.503 e. The fourth-order valence-corrected chi connectivity index (χ4v) is 6.96. The van der Waals surface area contributed by atoms with Gasteiger partial charge in [0.15, 0.2) is 11.5 Å². The number of nitrogens with one attached hydrogen (secondary N) is 1. The number of allylic oxidation sites excluding steroid dienone is 1. The van der Waals surface area contributed by atoms with Crippen LogP contribution in [0.1, 0.15) is 32.3 Å². The highest BCUT2D eigenvalue weighted by Crippen LogP contribution is 2.49. The molecule has 3 aliphatic rings. The van der Waals surface area contributed by atoms with Gasteiger partial charge < -0.3 is 29.1 Å². The number of hydrogen-bond acceptors (Lipinski definition) is 10. The van der Waals surface area contributed by atoms with Crippen LogP contribution in [-0.4, -0.2) is 89.5 Å². The van der Waals surface area contributed by atoms with E-state index in [1.807, 2.05) is 0 Å². The third-order valence-corrected chi connectivity index (χ3v) is 9.63. The molecule has 2 N–H and O–H groups in total. The Labute approximate surface area is 242 Å². The van der Waals surface area contributed by atoms with Crippen molar-refractivity contribution >= 4 is 25.2 Å². The molecule has 0 bridgehead atoms. The molecule has 230 valence electrons. The summed E-state index contributed by atoms with van der Waals surface area (Å²) >= 11 is 0. The third kappa shape index (κ3) is 6.13. The Kier molecular flexibility index (Phi) is 9.84. The van der Waals surface area contributed by atoms with Crippen LogP contribution in [-0.2, 0) is 39.3 Å². The lowest BCUT2D eigenvalue weighted by Crippen LogP contribution is -2.70. The van der Waals surface area contributed by atoms with E-state index in [0.717, 1.165) is 6.07 Å². The number of aliphatic hydroxyl groups excluding tert-OH is 1. The van der Waals surface area contributed by atoms with Gasteiger partial charge in [-0.1, -0.05) is 6.07 Å². The predicted molar refractivity (Wildman–Crippen MR) is 145 cm³/mol. The minimum absolute atomic E-state index is 0.00162. The van der Waals surface area contributed by atoms with Gasteiger partial charge >= 0.3 is 7.60 Å². The molecule has 0 aromatic heterocycles. The van der Waals surface area contributed by atoms with Crippen molar-refractivity contribution in [2.75, 3.05) is 46.2 Å². The van der Waals surface area contributed by atoms with Gasteiger partial charge in [-0.05, 0) is 32.4 Å². The molecule has 15 heteroatoms. The number of aliphatic hydroxyl groups is 1. The maximum atomic E-state index is 14.0. The predicted octanol–water partition coefficient (Wildman–Crippen LogP) is 2.83. The number of rotatable bonds is 11. The lowest BCUT2D eigenvalue weighted by molar-refractivity contribution is -0.182. The molecule has 2 amide bonds. The number of likely N-dealkylation sites (N-methyl/N-ethyl adjacent to an activating group) is 1. The molecule has 4 rings (SSSR count). The molecule has 42 heavy (non-hydrogen) atoms. The largest absolute Gasteiger partial charge is 0.503 e. The Morgan fingerprint density at radius 3 is 2.57 bits per heavy atom. The van der Waals surface area contributed by atoms with E-state index in [1.54, 1.807) is 25.9 Å². The van der Waals surface area contributed by atoms with E-state index in [9.17, 15) is 32.8 Å². The lowest BCUT2D eigenvalue weighted by atomic mass is 9.99. The third-order valence-electron chi connectivity index (χ3n) is 7.46. The Hall–Kier alpha value is -3.16.